The van der Waals surface area contributed by atoms with Crippen molar-refractivity contribution in [3.63, 3.8) is 0 Å². The Bertz CT molecular complexity index is 624. The van der Waals surface area contributed by atoms with Crippen molar-refractivity contribution in [2.24, 2.45) is 0 Å². The molecule has 29 heavy (non-hydrogen) atoms. The fraction of sp³-hybridized carbons (Fsp3) is 0.722. The van der Waals surface area contributed by atoms with Crippen LogP contribution in [-0.2, 0) is 28.7 Å². The third-order valence-electron chi connectivity index (χ3n) is 4.55. The van der Waals surface area contributed by atoms with Gasteiger partial charge in [-0.3, -0.25) is 19.2 Å². The summed E-state index contributed by atoms with van der Waals surface area (Å²) in [6.07, 6.45) is 2.37. The molecule has 11 nitrogen and oxygen atoms in total. The minimum absolute atomic E-state index is 0.166. The Hall–Kier alpha value is -2.69. The molecule has 1 rings (SSSR count). The summed E-state index contributed by atoms with van der Waals surface area (Å²) in [6.45, 7) is 2.49. The molecule has 5 N–H and O–H groups in total. The van der Waals surface area contributed by atoms with Crippen LogP contribution in [0.5, 0.6) is 0 Å². The van der Waals surface area contributed by atoms with Crippen molar-refractivity contribution in [2.45, 2.75) is 76.6 Å². The lowest BCUT2D eigenvalue weighted by Crippen LogP contribution is -2.51. The molecule has 0 spiro atoms. The number of aliphatic carboxylic acids is 2. The van der Waals surface area contributed by atoms with E-state index in [1.807, 2.05) is 0 Å². The number of carboxylic acid groups (broad SMARTS) is 2. The van der Waals surface area contributed by atoms with Crippen molar-refractivity contribution in [1.82, 2.24) is 16.0 Å². The van der Waals surface area contributed by atoms with Gasteiger partial charge in [0.25, 0.3) is 0 Å². The number of ether oxygens (including phenoxy) is 1. The SMILES string of the molecule is CC(=O)N[C@@H]1CCCC[C@H]1OCC(=O)N[C@@H](C)C(=O)N[C@H](CCC(=O)O)C(=O)O. The van der Waals surface area contributed by atoms with Crippen LogP contribution < -0.4 is 16.0 Å². The Morgan fingerprint density at radius 1 is 1.07 bits per heavy atom. The maximum atomic E-state index is 12.1. The van der Waals surface area contributed by atoms with Crippen LogP contribution in [-0.4, -0.2) is 70.7 Å². The van der Waals surface area contributed by atoms with Crippen molar-refractivity contribution < 1.29 is 38.9 Å². The van der Waals surface area contributed by atoms with E-state index in [-0.39, 0.29) is 31.1 Å². The van der Waals surface area contributed by atoms with Gasteiger partial charge in [0.2, 0.25) is 17.7 Å². The highest BCUT2D eigenvalue weighted by Gasteiger charge is 2.28. The largest absolute Gasteiger partial charge is 0.481 e. The molecular formula is C18H29N3O8. The second-order valence-corrected chi connectivity index (χ2v) is 7.06. The summed E-state index contributed by atoms with van der Waals surface area (Å²) < 4.78 is 5.61. The molecule has 0 heterocycles. The smallest absolute Gasteiger partial charge is 0.326 e. The van der Waals surface area contributed by atoms with Crippen LogP contribution in [0.25, 0.3) is 0 Å². The Morgan fingerprint density at radius 2 is 1.72 bits per heavy atom. The van der Waals surface area contributed by atoms with E-state index in [2.05, 4.69) is 16.0 Å². The predicted molar refractivity (Wildman–Crippen MR) is 99.9 cm³/mol. The Balaban J connectivity index is 2.47. The number of nitrogens with one attached hydrogen (secondary N) is 3. The topological polar surface area (TPSA) is 171 Å². The van der Waals surface area contributed by atoms with Crippen LogP contribution >= 0.6 is 0 Å². The maximum absolute atomic E-state index is 12.1. The molecule has 0 aromatic carbocycles. The molecular weight excluding hydrogens is 386 g/mol. The highest BCUT2D eigenvalue weighted by atomic mass is 16.5. The Kier molecular flexibility index (Phi) is 10.1. The normalized spacial score (nSPS) is 20.8. The first kappa shape index (κ1) is 24.3. The summed E-state index contributed by atoms with van der Waals surface area (Å²) in [5, 5.41) is 25.1. The highest BCUT2D eigenvalue weighted by Crippen LogP contribution is 2.21. The van der Waals surface area contributed by atoms with Gasteiger partial charge >= 0.3 is 11.9 Å². The minimum Gasteiger partial charge on any atom is -0.481 e. The zero-order valence-corrected chi connectivity index (χ0v) is 16.6. The molecule has 1 fully saturated rings. The fourth-order valence-corrected chi connectivity index (χ4v) is 3.08. The molecule has 0 bridgehead atoms. The summed E-state index contributed by atoms with van der Waals surface area (Å²) in [7, 11) is 0. The van der Waals surface area contributed by atoms with Gasteiger partial charge in [-0.15, -0.1) is 0 Å². The first-order chi connectivity index (χ1) is 13.6. The van der Waals surface area contributed by atoms with Crippen molar-refractivity contribution in [2.75, 3.05) is 6.61 Å². The number of carbonyl (C=O) groups excluding carboxylic acids is 3. The summed E-state index contributed by atoms with van der Waals surface area (Å²) in [5.41, 5.74) is 0. The van der Waals surface area contributed by atoms with Gasteiger partial charge in [-0.05, 0) is 26.2 Å². The van der Waals surface area contributed by atoms with E-state index in [9.17, 15) is 24.0 Å². The quantitative estimate of drug-likeness (QED) is 0.297. The molecule has 0 aromatic heterocycles. The van der Waals surface area contributed by atoms with E-state index in [1.165, 1.54) is 13.8 Å². The van der Waals surface area contributed by atoms with Crippen LogP contribution in [0.3, 0.4) is 0 Å². The molecule has 1 saturated carbocycles. The average Bonchev–Trinajstić information content (AvgIpc) is 2.63. The summed E-state index contributed by atoms with van der Waals surface area (Å²) in [6, 6.07) is -2.56. The Morgan fingerprint density at radius 3 is 2.31 bits per heavy atom. The van der Waals surface area contributed by atoms with Gasteiger partial charge in [0.1, 0.15) is 18.7 Å². The molecule has 4 atom stereocenters. The van der Waals surface area contributed by atoms with E-state index >= 15 is 0 Å². The lowest BCUT2D eigenvalue weighted by atomic mass is 9.92. The third-order valence-corrected chi connectivity index (χ3v) is 4.55. The lowest BCUT2D eigenvalue weighted by Gasteiger charge is -2.31. The van der Waals surface area contributed by atoms with Crippen molar-refractivity contribution in [1.29, 1.82) is 0 Å². The van der Waals surface area contributed by atoms with Crippen molar-refractivity contribution in [3.05, 3.63) is 0 Å². The standard InChI is InChI=1S/C18H29N3O8/c1-10(17(26)21-13(18(27)28)7-8-16(24)25)19-15(23)9-29-14-6-4-3-5-12(14)20-11(2)22/h10,12-14H,3-9H2,1-2H3,(H,19,23)(H,20,22)(H,21,26)(H,24,25)(H,27,28)/t10-,12+,13+,14+/m0/s1. The van der Waals surface area contributed by atoms with Gasteiger partial charge in [0.05, 0.1) is 12.1 Å². The molecule has 0 aromatic rings. The lowest BCUT2D eigenvalue weighted by molar-refractivity contribution is -0.143. The van der Waals surface area contributed by atoms with Crippen LogP contribution in [0.1, 0.15) is 52.4 Å². The van der Waals surface area contributed by atoms with Crippen LogP contribution in [0.15, 0.2) is 0 Å². The highest BCUT2D eigenvalue weighted by molar-refractivity contribution is 5.90. The number of carbonyl (C=O) groups is 5. The zero-order chi connectivity index (χ0) is 22.0. The van der Waals surface area contributed by atoms with Crippen LogP contribution in [0, 0.1) is 0 Å². The maximum Gasteiger partial charge on any atom is 0.326 e. The van der Waals surface area contributed by atoms with E-state index in [0.717, 1.165) is 19.3 Å². The number of rotatable bonds is 11. The molecule has 1 aliphatic carbocycles. The van der Waals surface area contributed by atoms with E-state index in [4.69, 9.17) is 14.9 Å². The van der Waals surface area contributed by atoms with E-state index < -0.39 is 42.3 Å². The predicted octanol–water partition coefficient (Wildman–Crippen LogP) is -0.611. The van der Waals surface area contributed by atoms with Gasteiger partial charge in [-0.1, -0.05) is 12.8 Å². The fourth-order valence-electron chi connectivity index (χ4n) is 3.08. The van der Waals surface area contributed by atoms with Gasteiger partial charge in [-0.25, -0.2) is 4.79 Å². The average molecular weight is 415 g/mol. The summed E-state index contributed by atoms with van der Waals surface area (Å²) in [4.78, 5) is 57.1. The first-order valence-corrected chi connectivity index (χ1v) is 9.53. The molecule has 164 valence electrons. The molecule has 0 saturated heterocycles. The van der Waals surface area contributed by atoms with E-state index in [1.54, 1.807) is 0 Å². The van der Waals surface area contributed by atoms with Crippen LogP contribution in [0.2, 0.25) is 0 Å². The third kappa shape index (κ3) is 9.37. The van der Waals surface area contributed by atoms with Gasteiger partial charge in [-0.2, -0.15) is 0 Å². The monoisotopic (exact) mass is 415 g/mol. The van der Waals surface area contributed by atoms with Crippen LogP contribution in [0.4, 0.5) is 0 Å². The Labute approximate surface area is 168 Å². The van der Waals surface area contributed by atoms with Crippen molar-refractivity contribution in [3.8, 4) is 0 Å². The molecule has 0 aliphatic heterocycles. The zero-order valence-electron chi connectivity index (χ0n) is 16.6. The molecule has 3 amide bonds. The van der Waals surface area contributed by atoms with Gasteiger partial charge < -0.3 is 30.9 Å². The molecule has 0 unspecified atom stereocenters. The molecule has 0 radical (unpaired) electrons. The minimum atomic E-state index is -1.37. The second-order valence-electron chi connectivity index (χ2n) is 7.06. The number of amides is 3. The van der Waals surface area contributed by atoms with Crippen molar-refractivity contribution >= 4 is 29.7 Å². The van der Waals surface area contributed by atoms with Gasteiger partial charge in [0.15, 0.2) is 0 Å². The van der Waals surface area contributed by atoms with Gasteiger partial charge in [0, 0.05) is 13.3 Å². The number of hydrogen-bond acceptors (Lipinski definition) is 6. The second kappa shape index (κ2) is 12.0. The summed E-state index contributed by atoms with van der Waals surface area (Å²) >= 11 is 0. The number of hydrogen-bond donors (Lipinski definition) is 5. The first-order valence-electron chi connectivity index (χ1n) is 9.53. The van der Waals surface area contributed by atoms with E-state index in [0.29, 0.717) is 6.42 Å². The summed E-state index contributed by atoms with van der Waals surface area (Å²) in [5.74, 6) is -4.01. The molecule has 11 heteroatoms. The molecule has 1 aliphatic rings. The number of carboxylic acids is 2.